The van der Waals surface area contributed by atoms with Gasteiger partial charge in [0.1, 0.15) is 11.6 Å². The van der Waals surface area contributed by atoms with Gasteiger partial charge in [0, 0.05) is 28.5 Å². The van der Waals surface area contributed by atoms with Crippen LogP contribution in [0.25, 0.3) is 0 Å². The molecule has 0 aliphatic carbocycles. The van der Waals surface area contributed by atoms with E-state index < -0.39 is 4.92 Å². The van der Waals surface area contributed by atoms with Crippen LogP contribution < -0.4 is 11.5 Å². The summed E-state index contributed by atoms with van der Waals surface area (Å²) in [4.78, 5) is 18.5. The molecule has 0 spiro atoms. The zero-order valence-corrected chi connectivity index (χ0v) is 11.7. The lowest BCUT2D eigenvalue weighted by molar-refractivity contribution is -0.385. The van der Waals surface area contributed by atoms with Gasteiger partial charge in [-0.15, -0.1) is 0 Å². The van der Waals surface area contributed by atoms with Crippen molar-refractivity contribution in [1.29, 1.82) is 0 Å². The Balaban J connectivity index is 2.20. The molecular weight excluding hydrogens is 302 g/mol. The minimum Gasteiger partial charge on any atom is -0.383 e. The maximum atomic E-state index is 11.0. The van der Waals surface area contributed by atoms with Crippen LogP contribution >= 0.6 is 23.4 Å². The second-order valence-corrected chi connectivity index (χ2v) is 5.20. The number of hydrogen-bond acceptors (Lipinski definition) is 7. The standard InChI is InChI=1S/C11H10ClN5O2S/c12-7-2-1-6(8(3-7)17(18)19)5-20-11-15-9(13)4-10(14)16-11/h1-4H,5H2,(H4,13,14,15,16). The lowest BCUT2D eigenvalue weighted by Crippen LogP contribution is -2.00. The Morgan fingerprint density at radius 2 is 1.90 bits per heavy atom. The summed E-state index contributed by atoms with van der Waals surface area (Å²) in [7, 11) is 0. The molecule has 0 aliphatic rings. The summed E-state index contributed by atoms with van der Waals surface area (Å²) >= 11 is 6.96. The van der Waals surface area contributed by atoms with E-state index >= 15 is 0 Å². The molecule has 1 aromatic heterocycles. The van der Waals surface area contributed by atoms with Gasteiger partial charge in [-0.25, -0.2) is 9.97 Å². The maximum Gasteiger partial charge on any atom is 0.274 e. The van der Waals surface area contributed by atoms with Crippen LogP contribution in [0.4, 0.5) is 17.3 Å². The molecule has 0 amide bonds. The van der Waals surface area contributed by atoms with Gasteiger partial charge in [0.2, 0.25) is 0 Å². The van der Waals surface area contributed by atoms with Crippen LogP contribution in [0.3, 0.4) is 0 Å². The van der Waals surface area contributed by atoms with E-state index in [1.165, 1.54) is 23.9 Å². The molecule has 0 saturated heterocycles. The number of anilines is 2. The summed E-state index contributed by atoms with van der Waals surface area (Å²) in [5, 5.41) is 11.6. The number of nitrogen functional groups attached to an aromatic ring is 2. The molecule has 0 saturated carbocycles. The van der Waals surface area contributed by atoms with E-state index in [4.69, 9.17) is 23.1 Å². The van der Waals surface area contributed by atoms with E-state index in [0.717, 1.165) is 0 Å². The van der Waals surface area contributed by atoms with Gasteiger partial charge in [-0.3, -0.25) is 10.1 Å². The second-order valence-electron chi connectivity index (χ2n) is 3.82. The Labute approximate surface area is 123 Å². The van der Waals surface area contributed by atoms with E-state index in [1.807, 2.05) is 0 Å². The number of aromatic nitrogens is 2. The van der Waals surface area contributed by atoms with Crippen molar-refractivity contribution in [2.45, 2.75) is 10.9 Å². The molecule has 0 unspecified atom stereocenters. The van der Waals surface area contributed by atoms with E-state index in [0.29, 0.717) is 21.5 Å². The van der Waals surface area contributed by atoms with Crippen molar-refractivity contribution < 1.29 is 4.92 Å². The van der Waals surface area contributed by atoms with Gasteiger partial charge < -0.3 is 11.5 Å². The van der Waals surface area contributed by atoms with Crippen molar-refractivity contribution >= 4 is 40.7 Å². The Hall–Kier alpha value is -2.06. The number of hydrogen-bond donors (Lipinski definition) is 2. The number of thioether (sulfide) groups is 1. The molecule has 2 rings (SSSR count). The molecule has 104 valence electrons. The highest BCUT2D eigenvalue weighted by atomic mass is 35.5. The summed E-state index contributed by atoms with van der Waals surface area (Å²) in [5.41, 5.74) is 11.6. The number of nitro benzene ring substituents is 1. The van der Waals surface area contributed by atoms with Crippen LogP contribution in [0, 0.1) is 10.1 Å². The fraction of sp³-hybridized carbons (Fsp3) is 0.0909. The smallest absolute Gasteiger partial charge is 0.274 e. The van der Waals surface area contributed by atoms with E-state index in [1.54, 1.807) is 12.1 Å². The highest BCUT2D eigenvalue weighted by Crippen LogP contribution is 2.29. The summed E-state index contributed by atoms with van der Waals surface area (Å²) in [6.07, 6.45) is 0. The highest BCUT2D eigenvalue weighted by molar-refractivity contribution is 7.98. The van der Waals surface area contributed by atoms with Gasteiger partial charge in [-0.1, -0.05) is 23.4 Å². The average molecular weight is 312 g/mol. The second kappa shape index (κ2) is 5.93. The van der Waals surface area contributed by atoms with Gasteiger partial charge in [-0.2, -0.15) is 0 Å². The molecule has 20 heavy (non-hydrogen) atoms. The topological polar surface area (TPSA) is 121 Å². The summed E-state index contributed by atoms with van der Waals surface area (Å²) in [5.74, 6) is 0.826. The number of nitro groups is 1. The molecule has 0 atom stereocenters. The van der Waals surface area contributed by atoms with Crippen molar-refractivity contribution in [3.63, 3.8) is 0 Å². The molecule has 0 aliphatic heterocycles. The Morgan fingerprint density at radius 1 is 1.25 bits per heavy atom. The molecule has 9 heteroatoms. The molecule has 2 aromatic rings. The van der Waals surface area contributed by atoms with Gasteiger partial charge in [0.15, 0.2) is 5.16 Å². The van der Waals surface area contributed by atoms with Gasteiger partial charge in [0.05, 0.1) is 4.92 Å². The Morgan fingerprint density at radius 3 is 2.50 bits per heavy atom. The molecule has 7 nitrogen and oxygen atoms in total. The fourth-order valence-corrected chi connectivity index (χ4v) is 2.53. The minimum absolute atomic E-state index is 0.0399. The monoisotopic (exact) mass is 311 g/mol. The minimum atomic E-state index is -0.476. The molecule has 0 fully saturated rings. The summed E-state index contributed by atoms with van der Waals surface area (Å²) in [6.45, 7) is 0. The number of nitrogens with zero attached hydrogens (tertiary/aromatic N) is 3. The first-order valence-electron chi connectivity index (χ1n) is 5.41. The predicted molar refractivity (Wildman–Crippen MR) is 78.5 cm³/mol. The maximum absolute atomic E-state index is 11.0. The third kappa shape index (κ3) is 3.49. The predicted octanol–water partition coefficient (Wildman–Crippen LogP) is 2.49. The molecule has 1 aromatic carbocycles. The molecule has 1 heterocycles. The SMILES string of the molecule is Nc1cc(N)nc(SCc2ccc(Cl)cc2[N+](=O)[O-])n1. The van der Waals surface area contributed by atoms with Gasteiger partial charge in [0.25, 0.3) is 5.69 Å². The highest BCUT2D eigenvalue weighted by Gasteiger charge is 2.15. The summed E-state index contributed by atoms with van der Waals surface area (Å²) in [6, 6.07) is 5.95. The molecule has 4 N–H and O–H groups in total. The molecular formula is C11H10ClN5O2S. The van der Waals surface area contributed by atoms with E-state index in [9.17, 15) is 10.1 Å². The van der Waals surface area contributed by atoms with Crippen molar-refractivity contribution in [3.05, 3.63) is 45.0 Å². The fourth-order valence-electron chi connectivity index (χ4n) is 1.50. The van der Waals surface area contributed by atoms with Crippen LogP contribution in [0.2, 0.25) is 5.02 Å². The van der Waals surface area contributed by atoms with Gasteiger partial charge in [-0.05, 0) is 12.1 Å². The molecule has 0 radical (unpaired) electrons. The lowest BCUT2D eigenvalue weighted by Gasteiger charge is -2.04. The third-order valence-corrected chi connectivity index (χ3v) is 3.48. The van der Waals surface area contributed by atoms with Crippen LogP contribution in [-0.4, -0.2) is 14.9 Å². The van der Waals surface area contributed by atoms with Crippen molar-refractivity contribution in [3.8, 4) is 0 Å². The number of nitrogens with two attached hydrogens (primary N) is 2. The van der Waals surface area contributed by atoms with Gasteiger partial charge >= 0.3 is 0 Å². The average Bonchev–Trinajstić information content (AvgIpc) is 2.36. The van der Waals surface area contributed by atoms with Crippen LogP contribution in [0.15, 0.2) is 29.4 Å². The van der Waals surface area contributed by atoms with Crippen LogP contribution in [-0.2, 0) is 5.75 Å². The van der Waals surface area contributed by atoms with Crippen molar-refractivity contribution in [1.82, 2.24) is 9.97 Å². The third-order valence-electron chi connectivity index (χ3n) is 2.35. The Kier molecular flexibility index (Phi) is 4.26. The lowest BCUT2D eigenvalue weighted by atomic mass is 10.2. The Bertz CT molecular complexity index is 647. The largest absolute Gasteiger partial charge is 0.383 e. The zero-order valence-electron chi connectivity index (χ0n) is 10.1. The number of benzene rings is 1. The van der Waals surface area contributed by atoms with Crippen LogP contribution in [0.5, 0.6) is 0 Å². The van der Waals surface area contributed by atoms with Crippen LogP contribution in [0.1, 0.15) is 5.56 Å². The van der Waals surface area contributed by atoms with E-state index in [2.05, 4.69) is 9.97 Å². The first-order chi connectivity index (χ1) is 9.45. The van der Waals surface area contributed by atoms with Crippen molar-refractivity contribution in [2.75, 3.05) is 11.5 Å². The quantitative estimate of drug-likeness (QED) is 0.385. The summed E-state index contributed by atoms with van der Waals surface area (Å²) < 4.78 is 0. The normalized spacial score (nSPS) is 10.4. The molecule has 0 bridgehead atoms. The first-order valence-corrected chi connectivity index (χ1v) is 6.77. The first kappa shape index (κ1) is 14.4. The number of rotatable bonds is 4. The van der Waals surface area contributed by atoms with E-state index in [-0.39, 0.29) is 17.3 Å². The zero-order chi connectivity index (χ0) is 14.7. The van der Waals surface area contributed by atoms with Crippen molar-refractivity contribution in [2.24, 2.45) is 0 Å². The number of halogens is 1.